The molecule has 0 fully saturated rings. The van der Waals surface area contributed by atoms with Gasteiger partial charge in [-0.3, -0.25) is 0 Å². The Kier molecular flexibility index (Phi) is 7.03. The van der Waals surface area contributed by atoms with Crippen molar-refractivity contribution >= 4 is 11.7 Å². The lowest BCUT2D eigenvalue weighted by molar-refractivity contribution is 0.00121. The topological polar surface area (TPSA) is 44.8 Å². The smallest absolute Gasteiger partial charge is 0.318 e. The van der Waals surface area contributed by atoms with Gasteiger partial charge in [-0.2, -0.15) is 0 Å². The van der Waals surface area contributed by atoms with Crippen molar-refractivity contribution in [3.8, 4) is 0 Å². The quantitative estimate of drug-likeness (QED) is 0.757. The molecule has 2 amide bonds. The van der Waals surface area contributed by atoms with Crippen LogP contribution in [0.4, 0.5) is 10.5 Å². The summed E-state index contributed by atoms with van der Waals surface area (Å²) >= 11 is 0. The van der Waals surface area contributed by atoms with Gasteiger partial charge in [0.15, 0.2) is 0 Å². The van der Waals surface area contributed by atoms with Gasteiger partial charge in [0, 0.05) is 31.4 Å². The van der Waals surface area contributed by atoms with E-state index in [0.29, 0.717) is 13.2 Å². The molecule has 5 heteroatoms. The van der Waals surface area contributed by atoms with E-state index in [-0.39, 0.29) is 23.7 Å². The Labute approximate surface area is 181 Å². The summed E-state index contributed by atoms with van der Waals surface area (Å²) in [6.07, 6.45) is 0. The number of hydrogen-bond acceptors (Lipinski definition) is 3. The number of urea groups is 1. The monoisotopic (exact) mass is 409 g/mol. The summed E-state index contributed by atoms with van der Waals surface area (Å²) in [7, 11) is 0. The van der Waals surface area contributed by atoms with Crippen molar-refractivity contribution in [3.05, 3.63) is 65.7 Å². The van der Waals surface area contributed by atoms with E-state index in [0.717, 1.165) is 18.7 Å². The summed E-state index contributed by atoms with van der Waals surface area (Å²) in [5.41, 5.74) is 3.30. The first-order valence-electron chi connectivity index (χ1n) is 10.8. The molecule has 2 aromatic rings. The average Bonchev–Trinajstić information content (AvgIpc) is 2.81. The van der Waals surface area contributed by atoms with E-state index in [1.807, 2.05) is 35.2 Å². The number of fused-ring (bicyclic) bond motifs is 1. The first-order chi connectivity index (χ1) is 14.3. The lowest BCUT2D eigenvalue weighted by atomic mass is 10.0. The SMILES string of the molecule is C[C@@H]1CN(CCOC(C)(C)C)c2ccccc2[C@H](C)N1C(=O)NCc1ccccc1. The van der Waals surface area contributed by atoms with Gasteiger partial charge in [-0.05, 0) is 51.8 Å². The standard InChI is InChI=1S/C25H35N3O2/c1-19-18-27(15-16-30-25(3,4)5)23-14-10-9-13-22(23)20(2)28(19)24(29)26-17-21-11-7-6-8-12-21/h6-14,19-20H,15-18H2,1-5H3,(H,26,29)/t19-,20+/m1/s1. The van der Waals surface area contributed by atoms with Crippen molar-refractivity contribution in [2.75, 3.05) is 24.6 Å². The number of para-hydroxylation sites is 1. The second kappa shape index (κ2) is 9.52. The van der Waals surface area contributed by atoms with Gasteiger partial charge in [-0.1, -0.05) is 48.5 Å². The number of nitrogens with one attached hydrogen (secondary N) is 1. The van der Waals surface area contributed by atoms with Crippen LogP contribution in [0, 0.1) is 0 Å². The van der Waals surface area contributed by atoms with E-state index < -0.39 is 0 Å². The molecule has 1 heterocycles. The fourth-order valence-corrected chi connectivity index (χ4v) is 4.08. The first kappa shape index (κ1) is 22.2. The van der Waals surface area contributed by atoms with Crippen LogP contribution in [0.25, 0.3) is 0 Å². The second-order valence-corrected chi connectivity index (χ2v) is 9.04. The molecule has 30 heavy (non-hydrogen) atoms. The molecule has 2 aromatic carbocycles. The highest BCUT2D eigenvalue weighted by atomic mass is 16.5. The third-order valence-electron chi connectivity index (χ3n) is 5.52. The summed E-state index contributed by atoms with van der Waals surface area (Å²) in [5.74, 6) is 0. The zero-order valence-corrected chi connectivity index (χ0v) is 18.9. The average molecular weight is 410 g/mol. The summed E-state index contributed by atoms with van der Waals surface area (Å²) in [4.78, 5) is 17.5. The Morgan fingerprint density at radius 2 is 1.73 bits per heavy atom. The van der Waals surface area contributed by atoms with Crippen LogP contribution < -0.4 is 10.2 Å². The number of benzene rings is 2. The number of anilines is 1. The van der Waals surface area contributed by atoms with Gasteiger partial charge < -0.3 is 19.9 Å². The number of carbonyl (C=O) groups excluding carboxylic acids is 1. The molecule has 0 aliphatic carbocycles. The van der Waals surface area contributed by atoms with Crippen LogP contribution in [-0.2, 0) is 11.3 Å². The predicted octanol–water partition coefficient (Wildman–Crippen LogP) is 4.98. The van der Waals surface area contributed by atoms with Crippen molar-refractivity contribution in [1.29, 1.82) is 0 Å². The normalized spacial score (nSPS) is 19.2. The molecule has 1 aliphatic rings. The molecule has 0 unspecified atom stereocenters. The molecule has 3 rings (SSSR count). The first-order valence-corrected chi connectivity index (χ1v) is 10.8. The van der Waals surface area contributed by atoms with Gasteiger partial charge in [-0.15, -0.1) is 0 Å². The number of rotatable bonds is 5. The maximum Gasteiger partial charge on any atom is 0.318 e. The van der Waals surface area contributed by atoms with E-state index in [1.165, 1.54) is 11.3 Å². The van der Waals surface area contributed by atoms with Crippen LogP contribution in [0.1, 0.15) is 51.8 Å². The molecule has 162 valence electrons. The summed E-state index contributed by atoms with van der Waals surface area (Å²) < 4.78 is 5.98. The molecule has 0 bridgehead atoms. The summed E-state index contributed by atoms with van der Waals surface area (Å²) in [5, 5.41) is 3.11. The predicted molar refractivity (Wildman–Crippen MR) is 123 cm³/mol. The number of amides is 2. The van der Waals surface area contributed by atoms with Crippen molar-refractivity contribution in [3.63, 3.8) is 0 Å². The number of nitrogens with zero attached hydrogens (tertiary/aromatic N) is 2. The fourth-order valence-electron chi connectivity index (χ4n) is 4.08. The Hall–Kier alpha value is -2.53. The largest absolute Gasteiger partial charge is 0.374 e. The molecular weight excluding hydrogens is 374 g/mol. The van der Waals surface area contributed by atoms with Crippen molar-refractivity contribution in [1.82, 2.24) is 10.2 Å². The van der Waals surface area contributed by atoms with Gasteiger partial charge >= 0.3 is 6.03 Å². The minimum Gasteiger partial charge on any atom is -0.374 e. The third kappa shape index (κ3) is 5.54. The van der Waals surface area contributed by atoms with Crippen LogP contribution in [-0.4, -0.2) is 42.3 Å². The van der Waals surface area contributed by atoms with Gasteiger partial charge in [-0.25, -0.2) is 4.79 Å². The lowest BCUT2D eigenvalue weighted by Gasteiger charge is -2.33. The number of hydrogen-bond donors (Lipinski definition) is 1. The Morgan fingerprint density at radius 3 is 2.43 bits per heavy atom. The maximum atomic E-state index is 13.2. The summed E-state index contributed by atoms with van der Waals surface area (Å²) in [6, 6.07) is 18.5. The highest BCUT2D eigenvalue weighted by Crippen LogP contribution is 2.35. The lowest BCUT2D eigenvalue weighted by Crippen LogP contribution is -2.48. The van der Waals surface area contributed by atoms with Crippen LogP contribution in [0.15, 0.2) is 54.6 Å². The second-order valence-electron chi connectivity index (χ2n) is 9.04. The van der Waals surface area contributed by atoms with Gasteiger partial charge in [0.05, 0.1) is 18.2 Å². The van der Waals surface area contributed by atoms with Crippen LogP contribution >= 0.6 is 0 Å². The van der Waals surface area contributed by atoms with E-state index in [1.54, 1.807) is 0 Å². The highest BCUT2D eigenvalue weighted by molar-refractivity contribution is 5.76. The molecule has 0 aromatic heterocycles. The molecule has 1 aliphatic heterocycles. The maximum absolute atomic E-state index is 13.2. The van der Waals surface area contributed by atoms with Crippen LogP contribution in [0.3, 0.4) is 0 Å². The van der Waals surface area contributed by atoms with Crippen LogP contribution in [0.2, 0.25) is 0 Å². The molecule has 0 saturated heterocycles. The van der Waals surface area contributed by atoms with Gasteiger partial charge in [0.25, 0.3) is 0 Å². The van der Waals surface area contributed by atoms with Gasteiger partial charge in [0.2, 0.25) is 0 Å². The minimum absolute atomic E-state index is 0.0134. The zero-order valence-electron chi connectivity index (χ0n) is 18.9. The number of ether oxygens (including phenoxy) is 1. The Bertz CT molecular complexity index is 832. The Morgan fingerprint density at radius 1 is 1.07 bits per heavy atom. The molecule has 5 nitrogen and oxygen atoms in total. The highest BCUT2D eigenvalue weighted by Gasteiger charge is 2.33. The zero-order chi connectivity index (χ0) is 21.7. The van der Waals surface area contributed by atoms with Crippen molar-refractivity contribution in [2.24, 2.45) is 0 Å². The molecule has 2 atom stereocenters. The fraction of sp³-hybridized carbons (Fsp3) is 0.480. The van der Waals surface area contributed by atoms with E-state index in [2.05, 4.69) is 69.1 Å². The van der Waals surface area contributed by atoms with Gasteiger partial charge in [0.1, 0.15) is 0 Å². The molecule has 0 radical (unpaired) electrons. The summed E-state index contributed by atoms with van der Waals surface area (Å²) in [6.45, 7) is 13.2. The van der Waals surface area contributed by atoms with E-state index in [4.69, 9.17) is 4.74 Å². The molecule has 0 spiro atoms. The van der Waals surface area contributed by atoms with Crippen molar-refractivity contribution < 1.29 is 9.53 Å². The molecular formula is C25H35N3O2. The van der Waals surface area contributed by atoms with E-state index >= 15 is 0 Å². The molecule has 1 N–H and O–H groups in total. The Balaban J connectivity index is 1.76. The van der Waals surface area contributed by atoms with Crippen LogP contribution in [0.5, 0.6) is 0 Å². The number of carbonyl (C=O) groups is 1. The third-order valence-corrected chi connectivity index (χ3v) is 5.52. The van der Waals surface area contributed by atoms with E-state index in [9.17, 15) is 4.79 Å². The minimum atomic E-state index is -0.159. The molecule has 0 saturated carbocycles. The van der Waals surface area contributed by atoms with Crippen molar-refractivity contribution in [2.45, 2.75) is 58.8 Å².